The molecule has 1 saturated heterocycles. The van der Waals surface area contributed by atoms with E-state index in [1.54, 1.807) is 23.1 Å². The van der Waals surface area contributed by atoms with Gasteiger partial charge in [0.1, 0.15) is 12.4 Å². The van der Waals surface area contributed by atoms with Gasteiger partial charge in [-0.3, -0.25) is 9.59 Å². The Labute approximate surface area is 199 Å². The smallest absolute Gasteiger partial charge is 0.418 e. The summed E-state index contributed by atoms with van der Waals surface area (Å²) < 4.78 is 19.9. The first-order chi connectivity index (χ1) is 15.8. The first-order valence-corrected chi connectivity index (χ1v) is 12.0. The molecule has 2 aliphatic carbocycles. The number of rotatable bonds is 6. The van der Waals surface area contributed by atoms with Crippen LogP contribution in [0.15, 0.2) is 46.9 Å². The molecule has 6 nitrogen and oxygen atoms in total. The molecule has 172 valence electrons. The number of hydrogen-bond donors (Lipinski definition) is 0. The van der Waals surface area contributed by atoms with Crippen molar-refractivity contribution in [1.29, 1.82) is 0 Å². The summed E-state index contributed by atoms with van der Waals surface area (Å²) in [6.45, 7) is 1.90. The van der Waals surface area contributed by atoms with E-state index in [9.17, 15) is 18.8 Å². The number of imide groups is 1. The van der Waals surface area contributed by atoms with Crippen molar-refractivity contribution in [3.63, 3.8) is 0 Å². The van der Waals surface area contributed by atoms with Gasteiger partial charge in [-0.15, -0.1) is 0 Å². The van der Waals surface area contributed by atoms with E-state index in [0.29, 0.717) is 24.3 Å². The number of halogens is 2. The molecule has 5 rings (SSSR count). The maximum Gasteiger partial charge on any atom is 0.418 e. The van der Waals surface area contributed by atoms with Gasteiger partial charge in [-0.25, -0.2) is 14.1 Å². The second-order valence-corrected chi connectivity index (χ2v) is 10.0. The van der Waals surface area contributed by atoms with Crippen LogP contribution in [0.4, 0.5) is 9.18 Å². The molecule has 33 heavy (non-hydrogen) atoms. The average molecular weight is 515 g/mol. The van der Waals surface area contributed by atoms with Crippen molar-refractivity contribution in [2.24, 2.45) is 5.92 Å². The number of nitrogens with zero attached hydrogens (tertiary/aromatic N) is 2. The van der Waals surface area contributed by atoms with E-state index >= 15 is 0 Å². The van der Waals surface area contributed by atoms with Gasteiger partial charge in [-0.2, -0.15) is 0 Å². The highest BCUT2D eigenvalue weighted by Gasteiger charge is 2.58. The SMILES string of the molecule is C[C@@H](C1CC1)N(Cc1ccc(F)cc1)C(=O)CN1C(=O)OC2(CCc3cc(Br)ccc32)C1=O. The van der Waals surface area contributed by atoms with Crippen molar-refractivity contribution in [1.82, 2.24) is 9.80 Å². The molecular formula is C25H24BrFN2O4. The maximum absolute atomic E-state index is 13.4. The van der Waals surface area contributed by atoms with Crippen molar-refractivity contribution in [3.05, 3.63) is 69.4 Å². The topological polar surface area (TPSA) is 66.9 Å². The van der Waals surface area contributed by atoms with Crippen LogP contribution in [0.3, 0.4) is 0 Å². The Kier molecular flexibility index (Phi) is 5.51. The number of aryl methyl sites for hydroxylation is 1. The first-order valence-electron chi connectivity index (χ1n) is 11.2. The summed E-state index contributed by atoms with van der Waals surface area (Å²) in [5.74, 6) is -0.758. The number of carbonyl (C=O) groups is 3. The summed E-state index contributed by atoms with van der Waals surface area (Å²) in [5.41, 5.74) is 1.09. The average Bonchev–Trinajstić information content (AvgIpc) is 3.54. The van der Waals surface area contributed by atoms with Gasteiger partial charge in [0, 0.05) is 29.0 Å². The lowest BCUT2D eigenvalue weighted by molar-refractivity contribution is -0.143. The maximum atomic E-state index is 13.4. The van der Waals surface area contributed by atoms with Gasteiger partial charge in [0.2, 0.25) is 11.5 Å². The highest BCUT2D eigenvalue weighted by Crippen LogP contribution is 2.46. The van der Waals surface area contributed by atoms with Crippen LogP contribution in [-0.4, -0.2) is 40.3 Å². The molecule has 0 radical (unpaired) electrons. The predicted molar refractivity (Wildman–Crippen MR) is 121 cm³/mol. The fourth-order valence-electron chi connectivity index (χ4n) is 4.93. The van der Waals surface area contributed by atoms with Crippen molar-refractivity contribution in [2.45, 2.75) is 50.8 Å². The minimum absolute atomic E-state index is 0.0465. The van der Waals surface area contributed by atoms with Crippen LogP contribution < -0.4 is 0 Å². The highest BCUT2D eigenvalue weighted by molar-refractivity contribution is 9.10. The summed E-state index contributed by atoms with van der Waals surface area (Å²) in [6.07, 6.45) is 2.27. The van der Waals surface area contributed by atoms with Crippen LogP contribution in [0.5, 0.6) is 0 Å². The Bertz CT molecular complexity index is 1130. The Hall–Kier alpha value is -2.74. The molecule has 0 N–H and O–H groups in total. The van der Waals surface area contributed by atoms with Crippen LogP contribution in [0, 0.1) is 11.7 Å². The highest BCUT2D eigenvalue weighted by atomic mass is 79.9. The molecule has 0 bridgehead atoms. The third-order valence-electron chi connectivity index (χ3n) is 7.00. The van der Waals surface area contributed by atoms with Crippen molar-refractivity contribution in [2.75, 3.05) is 6.54 Å². The Balaban J connectivity index is 1.37. The normalized spacial score (nSPS) is 22.5. The molecule has 8 heteroatoms. The molecule has 3 aliphatic rings. The van der Waals surface area contributed by atoms with E-state index in [1.165, 1.54) is 12.1 Å². The molecule has 1 unspecified atom stereocenters. The zero-order valence-electron chi connectivity index (χ0n) is 18.2. The third-order valence-corrected chi connectivity index (χ3v) is 7.49. The minimum atomic E-state index is -1.35. The zero-order valence-corrected chi connectivity index (χ0v) is 19.8. The number of benzene rings is 2. The summed E-state index contributed by atoms with van der Waals surface area (Å²) in [5, 5.41) is 0. The Morgan fingerprint density at radius 1 is 1.24 bits per heavy atom. The van der Waals surface area contributed by atoms with Crippen LogP contribution >= 0.6 is 15.9 Å². The molecule has 1 saturated carbocycles. The molecule has 2 fully saturated rings. The first kappa shape index (κ1) is 22.1. The lowest BCUT2D eigenvalue weighted by Crippen LogP contribution is -2.47. The predicted octanol–water partition coefficient (Wildman–Crippen LogP) is 4.54. The molecular weight excluding hydrogens is 491 g/mol. The molecule has 1 aliphatic heterocycles. The van der Waals surface area contributed by atoms with Crippen LogP contribution in [0.25, 0.3) is 0 Å². The van der Waals surface area contributed by atoms with E-state index < -0.39 is 17.6 Å². The molecule has 0 aromatic heterocycles. The van der Waals surface area contributed by atoms with Crippen LogP contribution in [0.2, 0.25) is 0 Å². The van der Waals surface area contributed by atoms with Gasteiger partial charge in [-0.1, -0.05) is 34.1 Å². The summed E-state index contributed by atoms with van der Waals surface area (Å²) in [7, 11) is 0. The Morgan fingerprint density at radius 2 is 1.97 bits per heavy atom. The number of carbonyl (C=O) groups excluding carboxylic acids is 3. The summed E-state index contributed by atoms with van der Waals surface area (Å²) in [6, 6.07) is 11.5. The Morgan fingerprint density at radius 3 is 2.67 bits per heavy atom. The number of hydrogen-bond acceptors (Lipinski definition) is 4. The van der Waals surface area contributed by atoms with E-state index in [4.69, 9.17) is 4.74 Å². The van der Waals surface area contributed by atoms with E-state index in [2.05, 4.69) is 15.9 Å². The van der Waals surface area contributed by atoms with E-state index in [-0.39, 0.29) is 30.9 Å². The number of ether oxygens (including phenoxy) is 1. The lowest BCUT2D eigenvalue weighted by atomic mass is 9.95. The minimum Gasteiger partial charge on any atom is -0.427 e. The second kappa shape index (κ2) is 8.24. The number of fused-ring (bicyclic) bond motifs is 2. The quantitative estimate of drug-likeness (QED) is 0.567. The van der Waals surface area contributed by atoms with Crippen LogP contribution in [-0.2, 0) is 32.9 Å². The molecule has 3 amide bonds. The molecule has 2 aromatic rings. The fourth-order valence-corrected chi connectivity index (χ4v) is 5.34. The van der Waals surface area contributed by atoms with Crippen molar-refractivity contribution in [3.8, 4) is 0 Å². The van der Waals surface area contributed by atoms with Crippen molar-refractivity contribution >= 4 is 33.8 Å². The van der Waals surface area contributed by atoms with E-state index in [0.717, 1.165) is 33.3 Å². The van der Waals surface area contributed by atoms with E-state index in [1.807, 2.05) is 19.1 Å². The third kappa shape index (κ3) is 3.94. The standard InChI is InChI=1S/C25H24BrFN2O4/c1-15(17-4-5-17)28(13-16-2-7-20(27)8-3-16)22(30)14-29-23(31)25(33-24(29)32)11-10-18-12-19(26)6-9-21(18)25/h2-3,6-9,12,15,17H,4-5,10-11,13-14H2,1H3/t15-,25?/m0/s1. The fraction of sp³-hybridized carbons (Fsp3) is 0.400. The lowest BCUT2D eigenvalue weighted by Gasteiger charge is -2.30. The van der Waals surface area contributed by atoms with Gasteiger partial charge < -0.3 is 9.64 Å². The second-order valence-electron chi connectivity index (χ2n) is 9.11. The zero-order chi connectivity index (χ0) is 23.3. The summed E-state index contributed by atoms with van der Waals surface area (Å²) in [4.78, 5) is 42.2. The number of amides is 3. The molecule has 2 atom stereocenters. The van der Waals surface area contributed by atoms with Crippen LogP contribution in [0.1, 0.15) is 42.9 Å². The summed E-state index contributed by atoms with van der Waals surface area (Å²) >= 11 is 3.44. The monoisotopic (exact) mass is 514 g/mol. The largest absolute Gasteiger partial charge is 0.427 e. The van der Waals surface area contributed by atoms with Gasteiger partial charge in [0.15, 0.2) is 0 Å². The molecule has 2 aromatic carbocycles. The van der Waals surface area contributed by atoms with Gasteiger partial charge in [-0.05, 0) is 67.5 Å². The molecule has 1 spiro atoms. The van der Waals surface area contributed by atoms with Gasteiger partial charge in [0.25, 0.3) is 5.91 Å². The molecule has 1 heterocycles. The van der Waals surface area contributed by atoms with Gasteiger partial charge >= 0.3 is 6.09 Å². The van der Waals surface area contributed by atoms with Gasteiger partial charge in [0.05, 0.1) is 0 Å². The van der Waals surface area contributed by atoms with Crippen molar-refractivity contribution < 1.29 is 23.5 Å².